The van der Waals surface area contributed by atoms with Crippen molar-refractivity contribution in [3.63, 3.8) is 0 Å². The molecule has 2 aromatic carbocycles. The zero-order chi connectivity index (χ0) is 10.9. The van der Waals surface area contributed by atoms with Gasteiger partial charge >= 0.3 is 17.1 Å². The quantitative estimate of drug-likeness (QED) is 0.253. The van der Waals surface area contributed by atoms with Crippen LogP contribution in [0.1, 0.15) is 10.4 Å². The number of azide groups is 1. The van der Waals surface area contributed by atoms with E-state index < -0.39 is 5.91 Å². The van der Waals surface area contributed by atoms with E-state index in [0.717, 1.165) is 0 Å². The van der Waals surface area contributed by atoms with Crippen LogP contribution >= 0.6 is 0 Å². The first kappa shape index (κ1) is 14.2. The summed E-state index contributed by atoms with van der Waals surface area (Å²) in [6.07, 6.45) is 0. The van der Waals surface area contributed by atoms with Crippen molar-refractivity contribution in [3.8, 4) is 0 Å². The van der Waals surface area contributed by atoms with Crippen molar-refractivity contribution in [3.05, 3.63) is 70.6 Å². The molecule has 0 spiro atoms. The summed E-state index contributed by atoms with van der Waals surface area (Å²) >= 11 is 0. The molecule has 0 saturated carbocycles. The number of amides is 1. The molecule has 0 unspecified atom stereocenters. The Bertz CT molecular complexity index is 411. The molecular formula is C11H9FeN3O. The molecule has 4 nitrogen and oxygen atoms in total. The van der Waals surface area contributed by atoms with Gasteiger partial charge in [-0.2, -0.15) is 30.3 Å². The zero-order valence-electron chi connectivity index (χ0n) is 8.30. The third kappa shape index (κ3) is 5.17. The van der Waals surface area contributed by atoms with Crippen LogP contribution in [0.2, 0.25) is 0 Å². The second-order valence-electron chi connectivity index (χ2n) is 2.63. The number of rotatable bonds is 1. The summed E-state index contributed by atoms with van der Waals surface area (Å²) in [4.78, 5) is 13.1. The van der Waals surface area contributed by atoms with Gasteiger partial charge in [-0.15, -0.1) is 0 Å². The molecule has 1 amide bonds. The third-order valence-electron chi connectivity index (χ3n) is 1.60. The molecule has 0 heterocycles. The van der Waals surface area contributed by atoms with Gasteiger partial charge in [0.1, 0.15) is 0 Å². The van der Waals surface area contributed by atoms with Crippen LogP contribution < -0.4 is 0 Å². The molecular weight excluding hydrogens is 246 g/mol. The van der Waals surface area contributed by atoms with Gasteiger partial charge in [-0.1, -0.05) is 5.56 Å². The normalized spacial score (nSPS) is 7.75. The van der Waals surface area contributed by atoms with Gasteiger partial charge in [0, 0.05) is 4.91 Å². The molecule has 2 aromatic rings. The maximum Gasteiger partial charge on any atom is 2.00 e. The molecule has 2 rings (SSSR count). The van der Waals surface area contributed by atoms with Crippen LogP contribution in [-0.4, -0.2) is 5.91 Å². The maximum atomic E-state index is 10.7. The maximum absolute atomic E-state index is 10.7. The molecule has 0 atom stereocenters. The largest absolute Gasteiger partial charge is 2.00 e. The van der Waals surface area contributed by atoms with Crippen LogP contribution in [0.15, 0.2) is 59.7 Å². The molecule has 0 radical (unpaired) electrons. The van der Waals surface area contributed by atoms with Gasteiger partial charge < -0.3 is 4.79 Å². The first-order chi connectivity index (χ1) is 7.34. The first-order valence-electron chi connectivity index (χ1n) is 4.32. The van der Waals surface area contributed by atoms with E-state index in [1.165, 1.54) is 0 Å². The molecule has 16 heavy (non-hydrogen) atoms. The average molecular weight is 255 g/mol. The van der Waals surface area contributed by atoms with Gasteiger partial charge in [-0.3, -0.25) is 0 Å². The van der Waals surface area contributed by atoms with Crippen LogP contribution in [0.4, 0.5) is 0 Å². The number of carbonyl (C=O) groups excluding carboxylic acids is 1. The van der Waals surface area contributed by atoms with Crippen molar-refractivity contribution >= 4 is 5.91 Å². The van der Waals surface area contributed by atoms with Crippen molar-refractivity contribution in [1.82, 2.24) is 0 Å². The minimum Gasteiger partial charge on any atom is -0.302 e. The van der Waals surface area contributed by atoms with Crippen molar-refractivity contribution in [2.45, 2.75) is 0 Å². The predicted octanol–water partition coefficient (Wildman–Crippen LogP) is 3.26. The molecule has 0 aromatic heterocycles. The molecule has 0 aliphatic carbocycles. The van der Waals surface area contributed by atoms with Crippen molar-refractivity contribution in [2.24, 2.45) is 5.11 Å². The van der Waals surface area contributed by atoms with Crippen LogP contribution in [0.5, 0.6) is 0 Å². The van der Waals surface area contributed by atoms with Crippen LogP contribution in [0.3, 0.4) is 0 Å². The van der Waals surface area contributed by atoms with E-state index in [0.29, 0.717) is 5.56 Å². The summed E-state index contributed by atoms with van der Waals surface area (Å²) < 4.78 is 0. The van der Waals surface area contributed by atoms with Gasteiger partial charge in [0.25, 0.3) is 0 Å². The second kappa shape index (κ2) is 8.50. The van der Waals surface area contributed by atoms with Crippen molar-refractivity contribution in [2.75, 3.05) is 0 Å². The average Bonchev–Trinajstić information content (AvgIpc) is 2.95. The first-order valence-corrected chi connectivity index (χ1v) is 4.32. The number of hydrogen-bond acceptors (Lipinski definition) is 1. The van der Waals surface area contributed by atoms with E-state index in [4.69, 9.17) is 5.53 Å². The molecule has 0 bridgehead atoms. The zero-order valence-corrected chi connectivity index (χ0v) is 9.40. The Balaban J connectivity index is 0.000000318. The van der Waals surface area contributed by atoms with E-state index in [1.54, 1.807) is 24.3 Å². The summed E-state index contributed by atoms with van der Waals surface area (Å²) in [5, 5.41) is 2.91. The topological polar surface area (TPSA) is 65.8 Å². The molecule has 0 aliphatic rings. The van der Waals surface area contributed by atoms with E-state index in [2.05, 4.69) is 10.0 Å². The Labute approximate surface area is 104 Å². The molecule has 0 fully saturated rings. The summed E-state index contributed by atoms with van der Waals surface area (Å²) in [7, 11) is 0. The van der Waals surface area contributed by atoms with Crippen LogP contribution in [-0.2, 0) is 17.1 Å². The Kier molecular flexibility index (Phi) is 7.55. The van der Waals surface area contributed by atoms with Crippen molar-refractivity contribution < 1.29 is 21.9 Å². The summed E-state index contributed by atoms with van der Waals surface area (Å²) in [5.74, 6) is -0.535. The number of hydrogen-bond donors (Lipinski definition) is 0. The summed E-state index contributed by atoms with van der Waals surface area (Å²) in [6, 6.07) is 16.6. The van der Waals surface area contributed by atoms with Crippen molar-refractivity contribution in [1.29, 1.82) is 0 Å². The fraction of sp³-hybridized carbons (Fsp3) is 0. The molecule has 0 saturated heterocycles. The minimum atomic E-state index is -0.535. The van der Waals surface area contributed by atoms with E-state index in [-0.39, 0.29) is 17.1 Å². The van der Waals surface area contributed by atoms with Crippen LogP contribution in [0, 0.1) is 0 Å². The number of carbonyl (C=O) groups is 1. The van der Waals surface area contributed by atoms with Gasteiger partial charge in [0.2, 0.25) is 0 Å². The van der Waals surface area contributed by atoms with Gasteiger partial charge in [0.15, 0.2) is 5.91 Å². The van der Waals surface area contributed by atoms with Gasteiger partial charge in [-0.05, 0) is 10.6 Å². The van der Waals surface area contributed by atoms with E-state index >= 15 is 0 Å². The Morgan fingerprint density at radius 3 is 2.12 bits per heavy atom. The minimum absolute atomic E-state index is 0. The Hall–Kier alpha value is -1.80. The smallest absolute Gasteiger partial charge is 0.302 e. The summed E-state index contributed by atoms with van der Waals surface area (Å²) in [5.41, 5.74) is 8.30. The molecule has 0 N–H and O–H groups in total. The van der Waals surface area contributed by atoms with E-state index in [9.17, 15) is 4.79 Å². The van der Waals surface area contributed by atoms with Gasteiger partial charge in [0.05, 0.1) is 0 Å². The number of nitrogens with zero attached hydrogens (tertiary/aromatic N) is 3. The standard InChI is InChI=1S/C6H4N3O.C5H5.Fe/c7-9-8-6(10)5-3-1-2-4-5;1-2-4-5-3-1;/h1-4H;1-5H;/q2*-1;+2. The predicted molar refractivity (Wildman–Crippen MR) is 57.5 cm³/mol. The van der Waals surface area contributed by atoms with Gasteiger partial charge in [-0.25, -0.2) is 24.3 Å². The fourth-order valence-corrected chi connectivity index (χ4v) is 0.936. The molecule has 82 valence electrons. The molecule has 0 aliphatic heterocycles. The SMILES string of the molecule is [Fe+2].[N-]=[N+]=NC(=O)[c-]1cccc1.c1cc[cH-]c1. The fourth-order valence-electron chi connectivity index (χ4n) is 0.936. The summed E-state index contributed by atoms with van der Waals surface area (Å²) in [6.45, 7) is 0. The third-order valence-corrected chi connectivity index (χ3v) is 1.60. The molecule has 5 heteroatoms. The second-order valence-corrected chi connectivity index (χ2v) is 2.63. The van der Waals surface area contributed by atoms with E-state index in [1.807, 2.05) is 30.3 Å². The Morgan fingerprint density at radius 2 is 1.75 bits per heavy atom. The Morgan fingerprint density at radius 1 is 1.19 bits per heavy atom. The monoisotopic (exact) mass is 255 g/mol. The van der Waals surface area contributed by atoms with Crippen LogP contribution in [0.25, 0.3) is 10.4 Å².